The van der Waals surface area contributed by atoms with Crippen LogP contribution in [0.3, 0.4) is 0 Å². The molecular weight excluding hydrogens is 235 g/mol. The molecule has 0 aromatic heterocycles. The van der Waals surface area contributed by atoms with Crippen LogP contribution in [0.2, 0.25) is 0 Å². The largest absolute Gasteiger partial charge is 0.396 e. The first-order valence-corrected chi connectivity index (χ1v) is 5.81. The van der Waals surface area contributed by atoms with E-state index in [1.54, 1.807) is 13.8 Å². The third-order valence-electron chi connectivity index (χ3n) is 2.49. The number of hydrogen-bond donors (Lipinski definition) is 2. The highest BCUT2D eigenvalue weighted by Gasteiger charge is 2.22. The van der Waals surface area contributed by atoms with Gasteiger partial charge in [-0.05, 0) is 39.0 Å². The van der Waals surface area contributed by atoms with Crippen molar-refractivity contribution in [2.45, 2.75) is 26.4 Å². The Labute approximate surface area is 106 Å². The lowest BCUT2D eigenvalue weighted by molar-refractivity contribution is 0.0314. The minimum atomic E-state index is -0.975. The molecule has 1 amide bonds. The second kappa shape index (κ2) is 5.35. The molecule has 18 heavy (non-hydrogen) atoms. The highest BCUT2D eigenvalue weighted by Crippen LogP contribution is 2.15. The van der Waals surface area contributed by atoms with E-state index in [0.29, 0.717) is 12.1 Å². The zero-order valence-corrected chi connectivity index (χ0v) is 10.9. The monoisotopic (exact) mass is 254 g/mol. The van der Waals surface area contributed by atoms with Crippen LogP contribution < -0.4 is 5.73 Å². The van der Waals surface area contributed by atoms with Gasteiger partial charge in [-0.15, -0.1) is 0 Å². The number of anilines is 1. The predicted molar refractivity (Wildman–Crippen MR) is 68.7 cm³/mol. The summed E-state index contributed by atoms with van der Waals surface area (Å²) in [6.45, 7) is 5.74. The zero-order chi connectivity index (χ0) is 13.9. The number of halogens is 1. The highest BCUT2D eigenvalue weighted by molar-refractivity contribution is 5.95. The van der Waals surface area contributed by atoms with Gasteiger partial charge in [0.25, 0.3) is 5.91 Å². The number of carbonyl (C=O) groups is 1. The van der Waals surface area contributed by atoms with Crippen molar-refractivity contribution < 1.29 is 14.3 Å². The molecule has 0 saturated heterocycles. The summed E-state index contributed by atoms with van der Waals surface area (Å²) in [5.74, 6) is -0.816. The molecule has 0 radical (unpaired) electrons. The maximum atomic E-state index is 13.0. The van der Waals surface area contributed by atoms with E-state index >= 15 is 0 Å². The lowest BCUT2D eigenvalue weighted by Crippen LogP contribution is -2.42. The summed E-state index contributed by atoms with van der Waals surface area (Å²) in [4.78, 5) is 13.6. The number of likely N-dealkylation sites (N-methyl/N-ethyl adjacent to an activating group) is 1. The van der Waals surface area contributed by atoms with Crippen LogP contribution in [-0.4, -0.2) is 34.6 Å². The summed E-state index contributed by atoms with van der Waals surface area (Å²) in [5.41, 5.74) is 4.72. The summed E-state index contributed by atoms with van der Waals surface area (Å²) >= 11 is 0. The molecule has 0 atom stereocenters. The van der Waals surface area contributed by atoms with Gasteiger partial charge in [0.15, 0.2) is 0 Å². The van der Waals surface area contributed by atoms with Crippen molar-refractivity contribution in [2.24, 2.45) is 0 Å². The van der Waals surface area contributed by atoms with Gasteiger partial charge < -0.3 is 15.7 Å². The molecule has 0 aliphatic rings. The highest BCUT2D eigenvalue weighted by atomic mass is 19.1. The van der Waals surface area contributed by atoms with Crippen molar-refractivity contribution in [1.82, 2.24) is 4.90 Å². The maximum Gasteiger partial charge on any atom is 0.254 e. The van der Waals surface area contributed by atoms with E-state index in [1.165, 1.54) is 23.1 Å². The van der Waals surface area contributed by atoms with Gasteiger partial charge in [-0.2, -0.15) is 0 Å². The molecule has 0 saturated carbocycles. The third-order valence-corrected chi connectivity index (χ3v) is 2.49. The molecule has 4 nitrogen and oxygen atoms in total. The SMILES string of the molecule is CCN(CC(C)(C)O)C(=O)c1ccc(F)c(N)c1. The van der Waals surface area contributed by atoms with Gasteiger partial charge >= 0.3 is 0 Å². The number of amides is 1. The van der Waals surface area contributed by atoms with Crippen LogP contribution in [0.1, 0.15) is 31.1 Å². The standard InChI is InChI=1S/C13H19FN2O2/c1-4-16(8-13(2,3)18)12(17)9-5-6-10(14)11(15)7-9/h5-7,18H,4,8,15H2,1-3H3. The average Bonchev–Trinajstić information content (AvgIpc) is 2.27. The number of hydrogen-bond acceptors (Lipinski definition) is 3. The summed E-state index contributed by atoms with van der Waals surface area (Å²) in [6, 6.07) is 3.87. The number of benzene rings is 1. The fourth-order valence-electron chi connectivity index (χ4n) is 1.65. The van der Waals surface area contributed by atoms with Crippen molar-refractivity contribution in [3.8, 4) is 0 Å². The zero-order valence-electron chi connectivity index (χ0n) is 10.9. The van der Waals surface area contributed by atoms with Crippen LogP contribution in [-0.2, 0) is 0 Å². The van der Waals surface area contributed by atoms with Crippen LogP contribution in [0.5, 0.6) is 0 Å². The van der Waals surface area contributed by atoms with Gasteiger partial charge in [-0.1, -0.05) is 0 Å². The molecule has 1 aromatic rings. The van der Waals surface area contributed by atoms with Crippen LogP contribution in [0.4, 0.5) is 10.1 Å². The lowest BCUT2D eigenvalue weighted by Gasteiger charge is -2.28. The van der Waals surface area contributed by atoms with Gasteiger partial charge in [-0.3, -0.25) is 4.79 Å². The molecule has 0 bridgehead atoms. The second-order valence-corrected chi connectivity index (χ2v) is 4.87. The predicted octanol–water partition coefficient (Wildman–Crippen LogP) is 1.64. The van der Waals surface area contributed by atoms with Crippen molar-refractivity contribution >= 4 is 11.6 Å². The summed E-state index contributed by atoms with van der Waals surface area (Å²) < 4.78 is 13.0. The van der Waals surface area contributed by atoms with E-state index in [-0.39, 0.29) is 18.1 Å². The molecular formula is C13H19FN2O2. The summed E-state index contributed by atoms with van der Waals surface area (Å²) in [7, 11) is 0. The van der Waals surface area contributed by atoms with E-state index < -0.39 is 11.4 Å². The van der Waals surface area contributed by atoms with E-state index in [0.717, 1.165) is 0 Å². The minimum absolute atomic E-state index is 0.0554. The van der Waals surface area contributed by atoms with Crippen molar-refractivity contribution in [3.05, 3.63) is 29.6 Å². The molecule has 0 fully saturated rings. The Morgan fingerprint density at radius 2 is 2.11 bits per heavy atom. The van der Waals surface area contributed by atoms with Gasteiger partial charge in [-0.25, -0.2) is 4.39 Å². The normalized spacial score (nSPS) is 11.4. The van der Waals surface area contributed by atoms with Crippen molar-refractivity contribution in [3.63, 3.8) is 0 Å². The molecule has 0 unspecified atom stereocenters. The Balaban J connectivity index is 2.93. The molecule has 3 N–H and O–H groups in total. The quantitative estimate of drug-likeness (QED) is 0.803. The van der Waals surface area contributed by atoms with E-state index in [4.69, 9.17) is 5.73 Å². The van der Waals surface area contributed by atoms with Crippen LogP contribution in [0.25, 0.3) is 0 Å². The minimum Gasteiger partial charge on any atom is -0.396 e. The Morgan fingerprint density at radius 3 is 2.56 bits per heavy atom. The Bertz CT molecular complexity index is 441. The molecule has 0 aliphatic carbocycles. The summed E-state index contributed by atoms with van der Waals surface area (Å²) in [5, 5.41) is 9.74. The molecule has 0 aliphatic heterocycles. The molecule has 1 aromatic carbocycles. The topological polar surface area (TPSA) is 66.6 Å². The molecule has 0 spiro atoms. The van der Waals surface area contributed by atoms with Crippen molar-refractivity contribution in [2.75, 3.05) is 18.8 Å². The molecule has 1 rings (SSSR count). The fraction of sp³-hybridized carbons (Fsp3) is 0.462. The van der Waals surface area contributed by atoms with Crippen LogP contribution in [0.15, 0.2) is 18.2 Å². The first kappa shape index (κ1) is 14.4. The molecule has 5 heteroatoms. The lowest BCUT2D eigenvalue weighted by atomic mass is 10.1. The number of nitrogen functional groups attached to an aromatic ring is 1. The van der Waals surface area contributed by atoms with E-state index in [2.05, 4.69) is 0 Å². The van der Waals surface area contributed by atoms with Crippen LogP contribution >= 0.6 is 0 Å². The Hall–Kier alpha value is -1.62. The Kier molecular flexibility index (Phi) is 4.29. The molecule has 100 valence electrons. The number of aliphatic hydroxyl groups is 1. The maximum absolute atomic E-state index is 13.0. The van der Waals surface area contributed by atoms with Crippen LogP contribution in [0, 0.1) is 5.82 Å². The smallest absolute Gasteiger partial charge is 0.254 e. The van der Waals surface area contributed by atoms with Gasteiger partial charge in [0, 0.05) is 18.7 Å². The number of rotatable bonds is 4. The summed E-state index contributed by atoms with van der Waals surface area (Å²) in [6.07, 6.45) is 0. The average molecular weight is 254 g/mol. The van der Waals surface area contributed by atoms with E-state index in [1.807, 2.05) is 6.92 Å². The Morgan fingerprint density at radius 1 is 1.50 bits per heavy atom. The van der Waals surface area contributed by atoms with Crippen molar-refractivity contribution in [1.29, 1.82) is 0 Å². The molecule has 0 heterocycles. The van der Waals surface area contributed by atoms with E-state index in [9.17, 15) is 14.3 Å². The number of carbonyl (C=O) groups excluding carboxylic acids is 1. The first-order valence-electron chi connectivity index (χ1n) is 5.81. The van der Waals surface area contributed by atoms with Gasteiger partial charge in [0.2, 0.25) is 0 Å². The first-order chi connectivity index (χ1) is 8.24. The third kappa shape index (κ3) is 3.70. The van der Waals surface area contributed by atoms with Gasteiger partial charge in [0.05, 0.1) is 11.3 Å². The second-order valence-electron chi connectivity index (χ2n) is 4.87. The fourth-order valence-corrected chi connectivity index (χ4v) is 1.65. The number of nitrogens with two attached hydrogens (primary N) is 1. The number of nitrogens with zero attached hydrogens (tertiary/aromatic N) is 1. The van der Waals surface area contributed by atoms with Gasteiger partial charge in [0.1, 0.15) is 5.82 Å².